The molecule has 0 spiro atoms. The van der Waals surface area contributed by atoms with E-state index in [0.717, 1.165) is 24.8 Å². The average molecular weight is 635 g/mol. The van der Waals surface area contributed by atoms with E-state index in [1.807, 2.05) is 31.2 Å². The summed E-state index contributed by atoms with van der Waals surface area (Å²) < 4.78 is 11.1. The van der Waals surface area contributed by atoms with Crippen molar-refractivity contribution in [2.45, 2.75) is 109 Å². The SMILES string of the molecule is CC(=O)c1ccccc1CC(O)CCCC(=O)OC1/C=C/C=C\CC(O)CC(O)/C=C/C=C/CCCC(C)OC(=O)/C=C\C=C\C1. The lowest BCUT2D eigenvalue weighted by atomic mass is 9.97. The number of aliphatic hydroxyl groups excluding tert-OH is 3. The first-order valence-electron chi connectivity index (χ1n) is 16.2. The minimum Gasteiger partial charge on any atom is -0.460 e. The van der Waals surface area contributed by atoms with E-state index >= 15 is 0 Å². The highest BCUT2D eigenvalue weighted by atomic mass is 16.5. The third kappa shape index (κ3) is 17.6. The maximum atomic E-state index is 12.7. The summed E-state index contributed by atoms with van der Waals surface area (Å²) in [6, 6.07) is 7.19. The lowest BCUT2D eigenvalue weighted by Crippen LogP contribution is -2.17. The van der Waals surface area contributed by atoms with Crippen molar-refractivity contribution in [3.8, 4) is 0 Å². The average Bonchev–Trinajstić information content (AvgIpc) is 2.99. The Bertz CT molecular complexity index is 1250. The second-order valence-electron chi connectivity index (χ2n) is 11.5. The van der Waals surface area contributed by atoms with Gasteiger partial charge in [-0.1, -0.05) is 85.0 Å². The fourth-order valence-corrected chi connectivity index (χ4v) is 4.84. The monoisotopic (exact) mass is 634 g/mol. The molecule has 3 N–H and O–H groups in total. The zero-order chi connectivity index (χ0) is 33.6. The van der Waals surface area contributed by atoms with Crippen LogP contribution in [0.4, 0.5) is 0 Å². The summed E-state index contributed by atoms with van der Waals surface area (Å²) in [7, 11) is 0. The molecule has 5 unspecified atom stereocenters. The Kier molecular flexibility index (Phi) is 18.9. The summed E-state index contributed by atoms with van der Waals surface area (Å²) >= 11 is 0. The van der Waals surface area contributed by atoms with Gasteiger partial charge in [0.2, 0.25) is 0 Å². The van der Waals surface area contributed by atoms with Crippen LogP contribution < -0.4 is 0 Å². The predicted molar refractivity (Wildman–Crippen MR) is 180 cm³/mol. The largest absolute Gasteiger partial charge is 0.460 e. The molecule has 2 rings (SSSR count). The standard InChI is InChI=1S/C38H50O8/c1-29-17-8-4-3-5-9-19-33(41)28-34(42)20-10-6-11-22-35(23-12-7-13-25-37(43)45-29)46-38(44)26-16-21-32(40)27-31-18-14-15-24-36(31)30(2)39/h3,5-7,9-15,18-19,22,24-25,29,32-35,40-42H,4,8,16-17,20-21,23,26-28H2,1-2H3/b5-3+,10-6-,12-7+,19-9+,22-11+,25-13-. The van der Waals surface area contributed by atoms with Gasteiger partial charge < -0.3 is 24.8 Å². The molecule has 0 saturated carbocycles. The second kappa shape index (κ2) is 22.6. The molecule has 1 aliphatic rings. The number of hydrogen-bond acceptors (Lipinski definition) is 8. The summed E-state index contributed by atoms with van der Waals surface area (Å²) in [5, 5.41) is 30.9. The van der Waals surface area contributed by atoms with Crippen LogP contribution in [0.1, 0.15) is 87.6 Å². The first-order valence-corrected chi connectivity index (χ1v) is 16.2. The van der Waals surface area contributed by atoms with E-state index in [4.69, 9.17) is 9.47 Å². The number of esters is 2. The molecule has 0 fully saturated rings. The maximum Gasteiger partial charge on any atom is 0.331 e. The van der Waals surface area contributed by atoms with Gasteiger partial charge in [-0.15, -0.1) is 0 Å². The molecule has 0 radical (unpaired) electrons. The number of carbonyl (C=O) groups is 3. The molecule has 1 aliphatic heterocycles. The molecule has 5 atom stereocenters. The maximum absolute atomic E-state index is 12.7. The molecule has 0 bridgehead atoms. The summed E-state index contributed by atoms with van der Waals surface area (Å²) in [5.74, 6) is -0.889. The van der Waals surface area contributed by atoms with Crippen LogP contribution in [0.3, 0.4) is 0 Å². The summed E-state index contributed by atoms with van der Waals surface area (Å²) in [6.45, 7) is 3.35. The van der Waals surface area contributed by atoms with Gasteiger partial charge in [-0.2, -0.15) is 0 Å². The van der Waals surface area contributed by atoms with Gasteiger partial charge in [0.1, 0.15) is 6.10 Å². The lowest BCUT2D eigenvalue weighted by Gasteiger charge is -2.14. The second-order valence-corrected chi connectivity index (χ2v) is 11.5. The van der Waals surface area contributed by atoms with Crippen LogP contribution in [0.25, 0.3) is 0 Å². The van der Waals surface area contributed by atoms with Crippen LogP contribution in [-0.2, 0) is 25.5 Å². The van der Waals surface area contributed by atoms with Gasteiger partial charge >= 0.3 is 11.9 Å². The van der Waals surface area contributed by atoms with E-state index in [0.29, 0.717) is 37.7 Å². The topological polar surface area (TPSA) is 130 Å². The van der Waals surface area contributed by atoms with Crippen molar-refractivity contribution in [1.82, 2.24) is 0 Å². The molecule has 0 saturated heterocycles. The quantitative estimate of drug-likeness (QED) is 0.227. The van der Waals surface area contributed by atoms with E-state index < -0.39 is 36.4 Å². The third-order valence-corrected chi connectivity index (χ3v) is 7.28. The highest BCUT2D eigenvalue weighted by Crippen LogP contribution is 2.16. The van der Waals surface area contributed by atoms with Crippen molar-refractivity contribution < 1.29 is 39.2 Å². The van der Waals surface area contributed by atoms with Crippen molar-refractivity contribution in [3.63, 3.8) is 0 Å². The molecule has 46 heavy (non-hydrogen) atoms. The molecule has 0 aromatic heterocycles. The molecule has 250 valence electrons. The normalized spacial score (nSPS) is 27.1. The van der Waals surface area contributed by atoms with Crippen LogP contribution in [0.5, 0.6) is 0 Å². The minimum atomic E-state index is -0.769. The number of rotatable bonds is 8. The Morgan fingerprint density at radius 1 is 0.978 bits per heavy atom. The van der Waals surface area contributed by atoms with Gasteiger partial charge in [0.25, 0.3) is 0 Å². The number of aliphatic hydroxyl groups is 3. The third-order valence-electron chi connectivity index (χ3n) is 7.28. The predicted octanol–water partition coefficient (Wildman–Crippen LogP) is 6.22. The Labute approximate surface area is 273 Å². The molecule has 1 aromatic rings. The van der Waals surface area contributed by atoms with E-state index in [1.54, 1.807) is 66.8 Å². The summed E-state index contributed by atoms with van der Waals surface area (Å²) in [5.41, 5.74) is 1.37. The zero-order valence-electron chi connectivity index (χ0n) is 27.1. The molecular weight excluding hydrogens is 584 g/mol. The van der Waals surface area contributed by atoms with Crippen molar-refractivity contribution >= 4 is 17.7 Å². The highest BCUT2D eigenvalue weighted by Gasteiger charge is 2.15. The van der Waals surface area contributed by atoms with Crippen LogP contribution >= 0.6 is 0 Å². The van der Waals surface area contributed by atoms with Crippen LogP contribution in [0, 0.1) is 0 Å². The van der Waals surface area contributed by atoms with Crippen molar-refractivity contribution in [2.24, 2.45) is 0 Å². The Morgan fingerprint density at radius 3 is 2.50 bits per heavy atom. The molecule has 1 heterocycles. The van der Waals surface area contributed by atoms with E-state index in [9.17, 15) is 29.7 Å². The van der Waals surface area contributed by atoms with Crippen molar-refractivity contribution in [3.05, 3.63) is 108 Å². The van der Waals surface area contributed by atoms with Gasteiger partial charge in [-0.05, 0) is 70.4 Å². The van der Waals surface area contributed by atoms with Crippen molar-refractivity contribution in [1.29, 1.82) is 0 Å². The summed E-state index contributed by atoms with van der Waals surface area (Å²) in [4.78, 5) is 36.7. The number of benzene rings is 1. The number of hydrogen-bond donors (Lipinski definition) is 3. The first kappa shape index (κ1) is 38.3. The van der Waals surface area contributed by atoms with Crippen LogP contribution in [0.15, 0.2) is 97.2 Å². The zero-order valence-corrected chi connectivity index (χ0v) is 27.1. The fraction of sp³-hybridized carbons (Fsp3) is 0.447. The molecule has 0 aliphatic carbocycles. The fourth-order valence-electron chi connectivity index (χ4n) is 4.84. The number of ether oxygens (including phenoxy) is 2. The van der Waals surface area contributed by atoms with Gasteiger partial charge in [0.15, 0.2) is 5.78 Å². The van der Waals surface area contributed by atoms with Crippen molar-refractivity contribution in [2.75, 3.05) is 0 Å². The van der Waals surface area contributed by atoms with Gasteiger partial charge in [0.05, 0.1) is 24.4 Å². The van der Waals surface area contributed by atoms with Gasteiger partial charge in [-0.3, -0.25) is 9.59 Å². The molecular formula is C38H50O8. The van der Waals surface area contributed by atoms with Crippen LogP contribution in [-0.4, -0.2) is 63.6 Å². The number of Topliss-reactive ketones (excluding diaryl/α,β-unsaturated/α-hetero) is 1. The van der Waals surface area contributed by atoms with Crippen LogP contribution in [0.2, 0.25) is 0 Å². The Morgan fingerprint density at radius 2 is 1.70 bits per heavy atom. The van der Waals surface area contributed by atoms with Gasteiger partial charge in [-0.25, -0.2) is 4.79 Å². The van der Waals surface area contributed by atoms with Gasteiger partial charge in [0, 0.05) is 30.9 Å². The Balaban J connectivity index is 1.98. The number of ketones is 1. The molecule has 1 aromatic carbocycles. The van der Waals surface area contributed by atoms with E-state index in [2.05, 4.69) is 0 Å². The Hall–Kier alpha value is -3.85. The first-order chi connectivity index (χ1) is 22.1. The van der Waals surface area contributed by atoms with E-state index in [1.165, 1.54) is 13.0 Å². The minimum absolute atomic E-state index is 0.0545. The molecule has 8 nitrogen and oxygen atoms in total. The smallest absolute Gasteiger partial charge is 0.331 e. The number of cyclic esters (lactones) is 1. The summed E-state index contributed by atoms with van der Waals surface area (Å²) in [6.07, 6.45) is 22.3. The molecule has 0 amide bonds. The number of carbonyl (C=O) groups excluding carboxylic acids is 3. The van der Waals surface area contributed by atoms with E-state index in [-0.39, 0.29) is 24.7 Å². The number of allylic oxidation sites excluding steroid dienone is 7. The lowest BCUT2D eigenvalue weighted by molar-refractivity contribution is -0.147. The molecule has 8 heteroatoms. The highest BCUT2D eigenvalue weighted by molar-refractivity contribution is 5.95.